The van der Waals surface area contributed by atoms with Gasteiger partial charge in [0.05, 0.1) is 12.0 Å². The fourth-order valence-corrected chi connectivity index (χ4v) is 1.39. The van der Waals surface area contributed by atoms with Crippen molar-refractivity contribution < 1.29 is 20.1 Å². The molecular formula is C8H16O4. The molecule has 2 atom stereocenters. The zero-order chi connectivity index (χ0) is 9.56. The number of aliphatic hydroxyl groups excluding tert-OH is 2. The van der Waals surface area contributed by atoms with E-state index in [-0.39, 0.29) is 12.0 Å². The zero-order valence-electron chi connectivity index (χ0n) is 7.23. The highest BCUT2D eigenvalue weighted by Crippen LogP contribution is 2.23. The quantitative estimate of drug-likeness (QED) is 0.534. The second-order valence-electron chi connectivity index (χ2n) is 2.86. The first-order valence-corrected chi connectivity index (χ1v) is 4.05. The highest BCUT2D eigenvalue weighted by Gasteiger charge is 2.25. The van der Waals surface area contributed by atoms with Crippen LogP contribution >= 0.6 is 0 Å². The minimum atomic E-state index is -0.765. The molecule has 72 valence electrons. The molecule has 0 aromatic rings. The summed E-state index contributed by atoms with van der Waals surface area (Å²) < 4.78 is 0. The summed E-state index contributed by atoms with van der Waals surface area (Å²) in [4.78, 5) is 10.4. The van der Waals surface area contributed by atoms with Crippen LogP contribution in [0.4, 0.5) is 0 Å². The summed E-state index contributed by atoms with van der Waals surface area (Å²) in [7, 11) is 1.00. The third-order valence-electron chi connectivity index (χ3n) is 2.00. The van der Waals surface area contributed by atoms with E-state index in [2.05, 4.69) is 0 Å². The molecule has 4 nitrogen and oxygen atoms in total. The van der Waals surface area contributed by atoms with Crippen LogP contribution < -0.4 is 0 Å². The maximum absolute atomic E-state index is 10.4. The van der Waals surface area contributed by atoms with Gasteiger partial charge in [-0.15, -0.1) is 0 Å². The predicted octanol–water partition coefficient (Wildman–Crippen LogP) is 0.231. The molecule has 0 saturated heterocycles. The van der Waals surface area contributed by atoms with Gasteiger partial charge < -0.3 is 15.3 Å². The molecule has 0 heterocycles. The Balaban J connectivity index is 0.000000561. The molecule has 0 aliphatic heterocycles. The lowest BCUT2D eigenvalue weighted by Gasteiger charge is -2.21. The number of hydrogen-bond acceptors (Lipinski definition) is 3. The van der Waals surface area contributed by atoms with E-state index in [1.165, 1.54) is 0 Å². The molecule has 1 saturated carbocycles. The van der Waals surface area contributed by atoms with Gasteiger partial charge in [0.1, 0.15) is 0 Å². The van der Waals surface area contributed by atoms with E-state index in [1.54, 1.807) is 0 Å². The van der Waals surface area contributed by atoms with Crippen LogP contribution in [-0.2, 0) is 4.79 Å². The lowest BCUT2D eigenvalue weighted by Crippen LogP contribution is -2.25. The first kappa shape index (κ1) is 11.4. The molecule has 1 aliphatic rings. The van der Waals surface area contributed by atoms with Crippen molar-refractivity contribution in [1.82, 2.24) is 0 Å². The van der Waals surface area contributed by atoms with Crippen LogP contribution in [0, 0.1) is 5.92 Å². The first-order chi connectivity index (χ1) is 5.70. The molecule has 0 aromatic carbocycles. The van der Waals surface area contributed by atoms with Crippen molar-refractivity contribution in [3.05, 3.63) is 0 Å². The summed E-state index contributed by atoms with van der Waals surface area (Å²) in [6, 6.07) is 0. The van der Waals surface area contributed by atoms with E-state index in [4.69, 9.17) is 15.3 Å². The van der Waals surface area contributed by atoms with E-state index in [0.717, 1.165) is 26.4 Å². The van der Waals surface area contributed by atoms with E-state index < -0.39 is 5.97 Å². The van der Waals surface area contributed by atoms with Crippen molar-refractivity contribution in [2.75, 3.05) is 7.11 Å². The van der Waals surface area contributed by atoms with Gasteiger partial charge in [-0.3, -0.25) is 4.79 Å². The molecule has 0 spiro atoms. The summed E-state index contributed by atoms with van der Waals surface area (Å²) in [5.41, 5.74) is 0. The van der Waals surface area contributed by atoms with Crippen LogP contribution in [-0.4, -0.2) is 34.5 Å². The highest BCUT2D eigenvalue weighted by atomic mass is 16.4. The molecule has 1 fully saturated rings. The summed E-state index contributed by atoms with van der Waals surface area (Å²) in [5, 5.41) is 24.6. The van der Waals surface area contributed by atoms with Gasteiger partial charge in [-0.2, -0.15) is 0 Å². The Morgan fingerprint density at radius 3 is 2.25 bits per heavy atom. The smallest absolute Gasteiger partial charge is 0.306 e. The molecular weight excluding hydrogens is 160 g/mol. The van der Waals surface area contributed by atoms with Gasteiger partial charge in [-0.1, -0.05) is 6.42 Å². The van der Waals surface area contributed by atoms with Crippen molar-refractivity contribution >= 4 is 5.97 Å². The number of aliphatic hydroxyl groups is 2. The van der Waals surface area contributed by atoms with Crippen LogP contribution in [0.5, 0.6) is 0 Å². The van der Waals surface area contributed by atoms with Gasteiger partial charge >= 0.3 is 5.97 Å². The molecule has 1 rings (SSSR count). The van der Waals surface area contributed by atoms with Crippen LogP contribution in [0.3, 0.4) is 0 Å². The number of carbonyl (C=O) groups is 1. The van der Waals surface area contributed by atoms with Crippen LogP contribution in [0.1, 0.15) is 25.7 Å². The van der Waals surface area contributed by atoms with Crippen molar-refractivity contribution in [2.45, 2.75) is 31.8 Å². The maximum atomic E-state index is 10.4. The zero-order valence-corrected chi connectivity index (χ0v) is 7.23. The van der Waals surface area contributed by atoms with Gasteiger partial charge in [0.2, 0.25) is 0 Å². The molecule has 0 aromatic heterocycles. The minimum absolute atomic E-state index is 0.302. The highest BCUT2D eigenvalue weighted by molar-refractivity contribution is 5.70. The normalized spacial score (nSPS) is 28.6. The van der Waals surface area contributed by atoms with Crippen molar-refractivity contribution in [1.29, 1.82) is 0 Å². The second-order valence-corrected chi connectivity index (χ2v) is 2.86. The van der Waals surface area contributed by atoms with E-state index in [9.17, 15) is 4.79 Å². The van der Waals surface area contributed by atoms with Gasteiger partial charge in [0.15, 0.2) is 0 Å². The molecule has 0 bridgehead atoms. The summed E-state index contributed by atoms with van der Waals surface area (Å²) in [5.74, 6) is -1.07. The Bertz CT molecular complexity index is 135. The monoisotopic (exact) mass is 176 g/mol. The van der Waals surface area contributed by atoms with Crippen molar-refractivity contribution in [3.63, 3.8) is 0 Å². The number of rotatable bonds is 1. The van der Waals surface area contributed by atoms with Gasteiger partial charge in [-0.05, 0) is 19.3 Å². The average Bonchev–Trinajstić information content (AvgIpc) is 2.08. The predicted molar refractivity (Wildman–Crippen MR) is 43.7 cm³/mol. The number of carboxylic acid groups (broad SMARTS) is 1. The number of carboxylic acids is 1. The molecule has 3 N–H and O–H groups in total. The van der Waals surface area contributed by atoms with E-state index in [1.807, 2.05) is 0 Å². The Morgan fingerprint density at radius 1 is 1.33 bits per heavy atom. The number of hydrogen-bond donors (Lipinski definition) is 3. The molecule has 0 amide bonds. The molecule has 12 heavy (non-hydrogen) atoms. The van der Waals surface area contributed by atoms with Gasteiger partial charge in [0.25, 0.3) is 0 Å². The average molecular weight is 176 g/mol. The molecule has 2 unspecified atom stereocenters. The van der Waals surface area contributed by atoms with Crippen LogP contribution in [0.2, 0.25) is 0 Å². The Labute approximate surface area is 71.8 Å². The van der Waals surface area contributed by atoms with Crippen molar-refractivity contribution in [2.24, 2.45) is 5.92 Å². The first-order valence-electron chi connectivity index (χ1n) is 4.05. The van der Waals surface area contributed by atoms with Gasteiger partial charge in [-0.25, -0.2) is 0 Å². The second kappa shape index (κ2) is 5.97. The third kappa shape index (κ3) is 3.69. The largest absolute Gasteiger partial charge is 0.481 e. The maximum Gasteiger partial charge on any atom is 0.306 e. The van der Waals surface area contributed by atoms with E-state index >= 15 is 0 Å². The topological polar surface area (TPSA) is 77.8 Å². The Kier molecular flexibility index (Phi) is 5.66. The SMILES string of the molecule is CO.O=C(O)C1CCCC(O)C1. The fourth-order valence-electron chi connectivity index (χ4n) is 1.39. The van der Waals surface area contributed by atoms with Crippen molar-refractivity contribution in [3.8, 4) is 0 Å². The molecule has 4 heteroatoms. The minimum Gasteiger partial charge on any atom is -0.481 e. The lowest BCUT2D eigenvalue weighted by molar-refractivity contribution is -0.144. The summed E-state index contributed by atoms with van der Waals surface area (Å²) >= 11 is 0. The van der Waals surface area contributed by atoms with E-state index in [0.29, 0.717) is 6.42 Å². The Hall–Kier alpha value is -0.610. The lowest BCUT2D eigenvalue weighted by atomic mass is 9.87. The van der Waals surface area contributed by atoms with Crippen LogP contribution in [0.15, 0.2) is 0 Å². The standard InChI is InChI=1S/C7H12O3.CH4O/c8-6-3-1-2-5(4-6)7(9)10;1-2/h5-6,8H,1-4H2,(H,9,10);2H,1H3. The Morgan fingerprint density at radius 2 is 1.92 bits per heavy atom. The van der Waals surface area contributed by atoms with Gasteiger partial charge in [0, 0.05) is 7.11 Å². The summed E-state index contributed by atoms with van der Waals surface area (Å²) in [6.07, 6.45) is 2.40. The fraction of sp³-hybridized carbons (Fsp3) is 0.875. The number of aliphatic carboxylic acids is 1. The third-order valence-corrected chi connectivity index (χ3v) is 2.00. The molecule has 0 radical (unpaired) electrons. The summed E-state index contributed by atoms with van der Waals surface area (Å²) in [6.45, 7) is 0. The van der Waals surface area contributed by atoms with Crippen LogP contribution in [0.25, 0.3) is 0 Å². The molecule has 1 aliphatic carbocycles.